The van der Waals surface area contributed by atoms with Crippen LogP contribution in [-0.4, -0.2) is 193 Å². The summed E-state index contributed by atoms with van der Waals surface area (Å²) in [7, 11) is 0. The number of aromatic amines is 1. The van der Waals surface area contributed by atoms with Gasteiger partial charge in [-0.3, -0.25) is 48.1 Å². The molecule has 0 saturated carbocycles. The Balaban J connectivity index is 1.18. The van der Waals surface area contributed by atoms with E-state index in [1.54, 1.807) is 74.5 Å². The number of aliphatic hydroxyl groups is 1. The molecular weight excluding hydrogens is 1120 g/mol. The van der Waals surface area contributed by atoms with Crippen LogP contribution < -0.4 is 49.1 Å². The molecule has 87 heavy (non-hydrogen) atoms. The van der Waals surface area contributed by atoms with Crippen molar-refractivity contribution >= 4 is 65.1 Å². The van der Waals surface area contributed by atoms with E-state index in [1.807, 2.05) is 6.92 Å². The van der Waals surface area contributed by atoms with Gasteiger partial charge < -0.3 is 79.0 Å². The molecule has 9 amide bonds. The first kappa shape index (κ1) is 67.7. The molecule has 3 fully saturated rings. The molecule has 0 bridgehead atoms. The number of rotatable bonds is 31. The van der Waals surface area contributed by atoms with Gasteiger partial charge in [-0.2, -0.15) is 0 Å². The van der Waals surface area contributed by atoms with Crippen LogP contribution in [0.5, 0.6) is 0 Å². The third-order valence-corrected chi connectivity index (χ3v) is 16.1. The van der Waals surface area contributed by atoms with Crippen LogP contribution in [0, 0.1) is 5.92 Å². The number of aliphatic hydroxyl groups excluding tert-OH is 1. The predicted octanol–water partition coefficient (Wildman–Crippen LogP) is -0.987. The lowest BCUT2D eigenvalue weighted by atomic mass is 9.90. The zero-order valence-corrected chi connectivity index (χ0v) is 50.1. The molecule has 1 aromatic heterocycles. The summed E-state index contributed by atoms with van der Waals surface area (Å²) >= 11 is 0. The fourth-order valence-electron chi connectivity index (χ4n) is 11.3. The average Bonchev–Trinajstić information content (AvgIpc) is 2.59. The van der Waals surface area contributed by atoms with E-state index in [1.165, 1.54) is 34.1 Å². The number of imidazole rings is 1. The van der Waals surface area contributed by atoms with E-state index in [0.717, 1.165) is 12.8 Å². The SMILES string of the molecule is CCCC[C@H](N)C(=O)N1CCC[C@H]1C(=O)N[C@@](C)(Cc1ccccc1)C(=O)N[C@@H](Cc1cnc[nH]1)C(=O)N[C@@H](CO)C(=O)N[C@@H](CCCN=C(N)N)C(=O)N[C@H](C(=O)N1CCC[C@H]1C(=O)N[C@@H](Cc1ccccc1)C(=O)N1CCC[C@H]1C(=O)O)C(C)C. The van der Waals surface area contributed by atoms with Gasteiger partial charge in [0.15, 0.2) is 5.96 Å². The number of carbonyl (C=O) groups is 10. The fraction of sp³-hybridized carbons (Fsp3) is 0.567. The molecule has 474 valence electrons. The summed E-state index contributed by atoms with van der Waals surface area (Å²) in [4.78, 5) is 156. The lowest BCUT2D eigenvalue weighted by Crippen LogP contribution is -2.65. The van der Waals surface area contributed by atoms with Crippen molar-refractivity contribution in [1.82, 2.24) is 56.6 Å². The number of unbranched alkanes of at least 4 members (excludes halogenated alkanes) is 1. The third-order valence-electron chi connectivity index (χ3n) is 16.1. The quantitative estimate of drug-likeness (QED) is 0.0209. The Kier molecular flexibility index (Phi) is 25.1. The summed E-state index contributed by atoms with van der Waals surface area (Å²) < 4.78 is 0. The molecule has 3 aliphatic heterocycles. The number of H-pyrrole nitrogens is 1. The monoisotopic (exact) mass is 1210 g/mol. The second-order valence-corrected chi connectivity index (χ2v) is 23.2. The van der Waals surface area contributed by atoms with Crippen LogP contribution in [-0.2, 0) is 67.2 Å². The molecule has 0 spiro atoms. The van der Waals surface area contributed by atoms with Crippen LogP contribution in [0.15, 0.2) is 78.2 Å². The van der Waals surface area contributed by atoms with Gasteiger partial charge in [0, 0.05) is 57.3 Å². The van der Waals surface area contributed by atoms with Gasteiger partial charge in [0.2, 0.25) is 53.2 Å². The minimum atomic E-state index is -1.74. The number of hydrogen-bond acceptors (Lipinski definition) is 14. The Labute approximate surface area is 506 Å². The van der Waals surface area contributed by atoms with Gasteiger partial charge in [0.05, 0.1) is 19.0 Å². The molecule has 0 unspecified atom stereocenters. The van der Waals surface area contributed by atoms with Crippen molar-refractivity contribution in [3.63, 3.8) is 0 Å². The highest BCUT2D eigenvalue weighted by Gasteiger charge is 2.45. The molecule has 3 saturated heterocycles. The Hall–Kier alpha value is -8.46. The van der Waals surface area contributed by atoms with E-state index in [2.05, 4.69) is 46.9 Å². The van der Waals surface area contributed by atoms with Crippen LogP contribution in [0.4, 0.5) is 0 Å². The second-order valence-electron chi connectivity index (χ2n) is 23.2. The molecule has 6 rings (SSSR count). The van der Waals surface area contributed by atoms with E-state index in [-0.39, 0.29) is 76.4 Å². The molecule has 27 nitrogen and oxygen atoms in total. The van der Waals surface area contributed by atoms with Crippen LogP contribution in [0.3, 0.4) is 0 Å². The summed E-state index contributed by atoms with van der Waals surface area (Å²) in [6.45, 7) is 6.47. The summed E-state index contributed by atoms with van der Waals surface area (Å²) in [6.07, 6.45) is 6.77. The van der Waals surface area contributed by atoms with Crippen molar-refractivity contribution in [2.24, 2.45) is 28.1 Å². The van der Waals surface area contributed by atoms with Crippen molar-refractivity contribution in [3.05, 3.63) is 90.0 Å². The molecule has 2 aromatic carbocycles. The number of amides is 9. The lowest BCUT2D eigenvalue weighted by molar-refractivity contribution is -0.150. The maximum Gasteiger partial charge on any atom is 0.326 e. The van der Waals surface area contributed by atoms with Crippen molar-refractivity contribution in [3.8, 4) is 0 Å². The zero-order chi connectivity index (χ0) is 63.4. The number of nitrogens with one attached hydrogen (secondary N) is 7. The van der Waals surface area contributed by atoms with Gasteiger partial charge in [-0.15, -0.1) is 0 Å². The van der Waals surface area contributed by atoms with Crippen LogP contribution in [0.2, 0.25) is 0 Å². The van der Waals surface area contributed by atoms with Crippen LogP contribution in [0.1, 0.15) is 115 Å². The first-order valence-electron chi connectivity index (χ1n) is 30.0. The summed E-state index contributed by atoms with van der Waals surface area (Å²) in [5, 5.41) is 36.9. The van der Waals surface area contributed by atoms with Crippen molar-refractivity contribution in [2.75, 3.05) is 32.8 Å². The van der Waals surface area contributed by atoms with Crippen LogP contribution in [0.25, 0.3) is 0 Å². The molecule has 3 aliphatic rings. The third kappa shape index (κ3) is 18.8. The number of carbonyl (C=O) groups excluding carboxylic acids is 9. The van der Waals surface area contributed by atoms with Gasteiger partial charge >= 0.3 is 5.97 Å². The number of aliphatic imine (C=N–C) groups is 1. The van der Waals surface area contributed by atoms with Crippen molar-refractivity contribution in [2.45, 2.75) is 178 Å². The van der Waals surface area contributed by atoms with Gasteiger partial charge in [-0.05, 0) is 81.8 Å². The van der Waals surface area contributed by atoms with E-state index >= 15 is 0 Å². The number of carboxylic acid groups (broad SMARTS) is 1. The van der Waals surface area contributed by atoms with E-state index in [4.69, 9.17) is 17.2 Å². The smallest absolute Gasteiger partial charge is 0.326 e. The maximum absolute atomic E-state index is 14.8. The minimum absolute atomic E-state index is 0.0185. The Morgan fingerprint density at radius 1 is 0.678 bits per heavy atom. The minimum Gasteiger partial charge on any atom is -0.480 e. The maximum atomic E-state index is 14.8. The number of likely N-dealkylation sites (tertiary alicyclic amines) is 3. The number of nitrogens with zero attached hydrogens (tertiary/aromatic N) is 5. The first-order valence-corrected chi connectivity index (χ1v) is 30.0. The fourth-order valence-corrected chi connectivity index (χ4v) is 11.3. The predicted molar refractivity (Wildman–Crippen MR) is 320 cm³/mol. The van der Waals surface area contributed by atoms with Gasteiger partial charge in [0.25, 0.3) is 0 Å². The van der Waals surface area contributed by atoms with E-state index in [0.29, 0.717) is 55.5 Å². The highest BCUT2D eigenvalue weighted by molar-refractivity contribution is 6.00. The highest BCUT2D eigenvalue weighted by atomic mass is 16.4. The standard InChI is InChI=1S/C60H87N15O12/c1-5-6-21-40(61)54(82)73-27-15-24-46(73)53(81)72-60(4,32-38-19-11-8-12-20-38)58(87)70-42(31-39-33-64-35-66-39)50(78)69-44(34-76)51(79)67-41(22-13-26-65-59(62)63)49(77)71-48(36(2)3)56(84)74-28-14-23-45(74)52(80)68-43(30-37-17-9-7-10-18-37)55(83)75-29-16-25-47(75)57(85)86/h7-12,17-20,33,35-36,40-48,76H,5-6,13-16,21-32,34,61H2,1-4H3,(H,64,66)(H,67,79)(H,68,80)(H,69,78)(H,70,87)(H,71,77)(H,72,81)(H,85,86)(H4,62,63,65)/t40-,41-,42-,43-,44-,45-,46-,47-,48-,60-/m0/s1. The van der Waals surface area contributed by atoms with Crippen molar-refractivity contribution in [1.29, 1.82) is 0 Å². The normalized spacial score (nSPS) is 19.3. The molecule has 4 heterocycles. The topological polar surface area (TPSA) is 412 Å². The molecule has 15 N–H and O–H groups in total. The number of carboxylic acids is 1. The zero-order valence-electron chi connectivity index (χ0n) is 50.1. The molecule has 10 atom stereocenters. The number of benzene rings is 2. The van der Waals surface area contributed by atoms with E-state index < -0.39 is 126 Å². The first-order chi connectivity index (χ1) is 41.5. The summed E-state index contributed by atoms with van der Waals surface area (Å²) in [5.74, 6) is -8.39. The number of aliphatic carboxylic acids is 1. The molecule has 0 radical (unpaired) electrons. The van der Waals surface area contributed by atoms with E-state index in [9.17, 15) is 58.2 Å². The largest absolute Gasteiger partial charge is 0.480 e. The van der Waals surface area contributed by atoms with Crippen LogP contribution >= 0.6 is 0 Å². The number of hydrogen-bond donors (Lipinski definition) is 12. The Morgan fingerprint density at radius 3 is 1.82 bits per heavy atom. The van der Waals surface area contributed by atoms with Crippen molar-refractivity contribution < 1.29 is 58.2 Å². The Morgan fingerprint density at radius 2 is 1.24 bits per heavy atom. The molecule has 27 heteroatoms. The highest BCUT2D eigenvalue weighted by Crippen LogP contribution is 2.25. The molecule has 0 aliphatic carbocycles. The summed E-state index contributed by atoms with van der Waals surface area (Å²) in [6, 6.07) is 6.81. The molecule has 3 aromatic rings. The molecular formula is C60H87N15O12. The van der Waals surface area contributed by atoms with Gasteiger partial charge in [0.1, 0.15) is 53.9 Å². The second kappa shape index (κ2) is 32.3. The number of aromatic nitrogens is 2. The Bertz CT molecular complexity index is 2880. The average molecular weight is 1210 g/mol. The lowest BCUT2D eigenvalue weighted by Gasteiger charge is -2.34. The van der Waals surface area contributed by atoms with Gasteiger partial charge in [-0.1, -0.05) is 94.3 Å². The number of guanidine groups is 1. The van der Waals surface area contributed by atoms with Gasteiger partial charge in [-0.25, -0.2) is 9.78 Å². The number of nitrogens with two attached hydrogens (primary N) is 3. The summed E-state index contributed by atoms with van der Waals surface area (Å²) in [5.41, 5.74) is 17.4.